The van der Waals surface area contributed by atoms with Gasteiger partial charge < -0.3 is 14.7 Å². The van der Waals surface area contributed by atoms with Crippen LogP contribution in [0.25, 0.3) is 0 Å². The number of benzene rings is 1. The summed E-state index contributed by atoms with van der Waals surface area (Å²) < 4.78 is 0. The highest BCUT2D eigenvalue weighted by atomic mass is 16.2. The molecule has 0 aliphatic carbocycles. The van der Waals surface area contributed by atoms with Crippen molar-refractivity contribution in [3.63, 3.8) is 0 Å². The number of piperidine rings is 2. The maximum atomic E-state index is 12.9. The average Bonchev–Trinajstić information content (AvgIpc) is 3.28. The zero-order valence-corrected chi connectivity index (χ0v) is 18.3. The predicted octanol–water partition coefficient (Wildman–Crippen LogP) is 3.19. The molecule has 0 bridgehead atoms. The summed E-state index contributed by atoms with van der Waals surface area (Å²) >= 11 is 0. The summed E-state index contributed by atoms with van der Waals surface area (Å²) in [6.45, 7) is 7.12. The van der Waals surface area contributed by atoms with Crippen LogP contribution in [0.3, 0.4) is 0 Å². The van der Waals surface area contributed by atoms with Gasteiger partial charge in [0, 0.05) is 39.1 Å². The van der Waals surface area contributed by atoms with Gasteiger partial charge in [0.25, 0.3) is 0 Å². The minimum absolute atomic E-state index is 0.215. The zero-order chi connectivity index (χ0) is 20.8. The first-order valence-corrected chi connectivity index (χ1v) is 12.0. The second-order valence-corrected chi connectivity index (χ2v) is 9.55. The van der Waals surface area contributed by atoms with Gasteiger partial charge in [0.15, 0.2) is 0 Å². The first kappa shape index (κ1) is 21.4. The van der Waals surface area contributed by atoms with Crippen LogP contribution in [0.5, 0.6) is 0 Å². The molecule has 0 saturated carbocycles. The molecule has 3 fully saturated rings. The summed E-state index contributed by atoms with van der Waals surface area (Å²) in [6.07, 6.45) is 8.14. The average molecular weight is 412 g/mol. The van der Waals surface area contributed by atoms with Crippen LogP contribution in [0, 0.1) is 11.8 Å². The fourth-order valence-electron chi connectivity index (χ4n) is 5.42. The summed E-state index contributed by atoms with van der Waals surface area (Å²) in [7, 11) is 0. The number of amides is 2. The third-order valence-electron chi connectivity index (χ3n) is 7.22. The van der Waals surface area contributed by atoms with E-state index >= 15 is 0 Å². The fourth-order valence-corrected chi connectivity index (χ4v) is 5.42. The Labute approximate surface area is 181 Å². The lowest BCUT2D eigenvalue weighted by molar-refractivity contribution is -0.135. The van der Waals surface area contributed by atoms with E-state index in [1.165, 1.54) is 38.9 Å². The number of hydrogen-bond acceptors (Lipinski definition) is 3. The third kappa shape index (κ3) is 5.84. The van der Waals surface area contributed by atoms with Crippen LogP contribution in [0.2, 0.25) is 0 Å². The van der Waals surface area contributed by atoms with E-state index in [2.05, 4.69) is 9.80 Å². The van der Waals surface area contributed by atoms with Crippen molar-refractivity contribution in [1.82, 2.24) is 14.7 Å². The van der Waals surface area contributed by atoms with Crippen LogP contribution in [-0.2, 0) is 16.0 Å². The Kier molecular flexibility index (Phi) is 7.42. The van der Waals surface area contributed by atoms with Crippen molar-refractivity contribution in [2.45, 2.75) is 51.4 Å². The number of nitrogens with zero attached hydrogens (tertiary/aromatic N) is 3. The maximum absolute atomic E-state index is 12.9. The second kappa shape index (κ2) is 10.4. The van der Waals surface area contributed by atoms with Crippen molar-refractivity contribution in [3.8, 4) is 0 Å². The third-order valence-corrected chi connectivity index (χ3v) is 7.22. The molecule has 3 saturated heterocycles. The monoisotopic (exact) mass is 411 g/mol. The molecule has 3 aliphatic rings. The molecule has 0 spiro atoms. The van der Waals surface area contributed by atoms with Crippen LogP contribution in [0.1, 0.15) is 50.5 Å². The molecule has 0 N–H and O–H groups in total. The Bertz CT molecular complexity index is 694. The molecule has 4 rings (SSSR count). The molecule has 1 aromatic carbocycles. The van der Waals surface area contributed by atoms with Crippen molar-refractivity contribution >= 4 is 11.8 Å². The number of hydrogen-bond donors (Lipinski definition) is 0. The molecule has 0 radical (unpaired) electrons. The van der Waals surface area contributed by atoms with E-state index in [0.717, 1.165) is 51.0 Å². The fraction of sp³-hybridized carbons (Fsp3) is 0.680. The molecule has 3 aliphatic heterocycles. The highest BCUT2D eigenvalue weighted by molar-refractivity contribution is 5.79. The SMILES string of the molecule is O=C(Cc1ccccc1)N1CCC(CC(=O)N2CCCC(CN3CCCC3)C2)CC1. The van der Waals surface area contributed by atoms with Crippen molar-refractivity contribution < 1.29 is 9.59 Å². The quantitative estimate of drug-likeness (QED) is 0.722. The largest absolute Gasteiger partial charge is 0.342 e. The summed E-state index contributed by atoms with van der Waals surface area (Å²) in [5.74, 6) is 1.64. The molecular formula is C25H37N3O2. The minimum atomic E-state index is 0.215. The van der Waals surface area contributed by atoms with E-state index in [0.29, 0.717) is 30.6 Å². The molecule has 5 heteroatoms. The standard InChI is InChI=1S/C25H37N3O2/c29-24(17-21-7-2-1-3-8-21)27-15-10-22(11-16-27)18-25(30)28-14-6-9-23(20-28)19-26-12-4-5-13-26/h1-3,7-8,22-23H,4-6,9-20H2. The van der Waals surface area contributed by atoms with Gasteiger partial charge in [0.1, 0.15) is 0 Å². The molecule has 2 amide bonds. The highest BCUT2D eigenvalue weighted by Gasteiger charge is 2.29. The molecule has 3 heterocycles. The Morgan fingerprint density at radius 3 is 2.23 bits per heavy atom. The molecule has 1 aromatic rings. The molecule has 30 heavy (non-hydrogen) atoms. The summed E-state index contributed by atoms with van der Waals surface area (Å²) in [5.41, 5.74) is 1.08. The van der Waals surface area contributed by atoms with Crippen LogP contribution < -0.4 is 0 Å². The number of carbonyl (C=O) groups excluding carboxylic acids is 2. The normalized spacial score (nSPS) is 23.7. The lowest BCUT2D eigenvalue weighted by Gasteiger charge is -2.37. The van der Waals surface area contributed by atoms with Gasteiger partial charge in [-0.15, -0.1) is 0 Å². The van der Waals surface area contributed by atoms with E-state index < -0.39 is 0 Å². The lowest BCUT2D eigenvalue weighted by atomic mass is 9.91. The van der Waals surface area contributed by atoms with Crippen molar-refractivity contribution in [1.29, 1.82) is 0 Å². The Morgan fingerprint density at radius 1 is 0.767 bits per heavy atom. The van der Waals surface area contributed by atoms with E-state index in [1.807, 2.05) is 35.2 Å². The van der Waals surface area contributed by atoms with Gasteiger partial charge in [-0.3, -0.25) is 9.59 Å². The first-order valence-electron chi connectivity index (χ1n) is 12.0. The Morgan fingerprint density at radius 2 is 1.50 bits per heavy atom. The van der Waals surface area contributed by atoms with Crippen LogP contribution >= 0.6 is 0 Å². The Hall–Kier alpha value is -1.88. The van der Waals surface area contributed by atoms with E-state index in [9.17, 15) is 9.59 Å². The van der Waals surface area contributed by atoms with Gasteiger partial charge in [-0.1, -0.05) is 30.3 Å². The van der Waals surface area contributed by atoms with Gasteiger partial charge in [0.2, 0.25) is 11.8 Å². The molecule has 5 nitrogen and oxygen atoms in total. The zero-order valence-electron chi connectivity index (χ0n) is 18.3. The summed E-state index contributed by atoms with van der Waals surface area (Å²) in [4.78, 5) is 32.2. The Balaban J connectivity index is 1.19. The smallest absolute Gasteiger partial charge is 0.226 e. The molecule has 1 unspecified atom stereocenters. The van der Waals surface area contributed by atoms with Gasteiger partial charge in [0.05, 0.1) is 6.42 Å². The summed E-state index contributed by atoms with van der Waals surface area (Å²) in [6, 6.07) is 9.97. The summed E-state index contributed by atoms with van der Waals surface area (Å²) in [5, 5.41) is 0. The number of rotatable bonds is 6. The van der Waals surface area contributed by atoms with E-state index in [4.69, 9.17) is 0 Å². The van der Waals surface area contributed by atoms with Crippen molar-refractivity contribution in [2.75, 3.05) is 45.8 Å². The lowest BCUT2D eigenvalue weighted by Crippen LogP contribution is -2.45. The van der Waals surface area contributed by atoms with E-state index in [1.54, 1.807) is 0 Å². The van der Waals surface area contributed by atoms with Crippen LogP contribution in [0.15, 0.2) is 30.3 Å². The van der Waals surface area contributed by atoms with E-state index in [-0.39, 0.29) is 5.91 Å². The minimum Gasteiger partial charge on any atom is -0.342 e. The first-order chi connectivity index (χ1) is 14.7. The van der Waals surface area contributed by atoms with Crippen molar-refractivity contribution in [3.05, 3.63) is 35.9 Å². The van der Waals surface area contributed by atoms with Gasteiger partial charge in [-0.2, -0.15) is 0 Å². The highest BCUT2D eigenvalue weighted by Crippen LogP contribution is 2.25. The number of likely N-dealkylation sites (tertiary alicyclic amines) is 3. The van der Waals surface area contributed by atoms with Crippen molar-refractivity contribution in [2.24, 2.45) is 11.8 Å². The maximum Gasteiger partial charge on any atom is 0.226 e. The molecule has 164 valence electrons. The molecular weight excluding hydrogens is 374 g/mol. The van der Waals surface area contributed by atoms with Gasteiger partial charge in [-0.25, -0.2) is 0 Å². The second-order valence-electron chi connectivity index (χ2n) is 9.55. The van der Waals surface area contributed by atoms with Gasteiger partial charge >= 0.3 is 0 Å². The van der Waals surface area contributed by atoms with Crippen LogP contribution in [0.4, 0.5) is 0 Å². The topological polar surface area (TPSA) is 43.9 Å². The van der Waals surface area contributed by atoms with Gasteiger partial charge in [-0.05, 0) is 69.0 Å². The number of carbonyl (C=O) groups is 2. The van der Waals surface area contributed by atoms with Crippen LogP contribution in [-0.4, -0.2) is 72.3 Å². The molecule has 1 atom stereocenters. The molecule has 0 aromatic heterocycles. The predicted molar refractivity (Wildman–Crippen MR) is 119 cm³/mol.